The maximum absolute atomic E-state index is 11.6. The zero-order chi connectivity index (χ0) is 17.9. The minimum atomic E-state index is -0.928. The second-order valence-corrected chi connectivity index (χ2v) is 6.94. The molecule has 5 nitrogen and oxygen atoms in total. The monoisotopic (exact) mass is 342 g/mol. The van der Waals surface area contributed by atoms with E-state index in [1.165, 1.54) is 10.9 Å². The summed E-state index contributed by atoms with van der Waals surface area (Å²) in [6, 6.07) is 12.5. The van der Waals surface area contributed by atoms with Gasteiger partial charge in [0.15, 0.2) is 0 Å². The Morgan fingerprint density at radius 1 is 1.28 bits per heavy atom. The van der Waals surface area contributed by atoms with Crippen LogP contribution in [-0.2, 0) is 11.3 Å². The van der Waals surface area contributed by atoms with Crippen molar-refractivity contribution in [3.8, 4) is 5.75 Å². The van der Waals surface area contributed by atoms with Crippen molar-refractivity contribution in [2.45, 2.75) is 31.4 Å². The van der Waals surface area contributed by atoms with Gasteiger partial charge in [-0.1, -0.05) is 18.2 Å². The first-order valence-electron chi connectivity index (χ1n) is 8.73. The zero-order valence-corrected chi connectivity index (χ0v) is 14.9. The molecule has 0 bridgehead atoms. The van der Waals surface area contributed by atoms with Gasteiger partial charge in [0.25, 0.3) is 0 Å². The van der Waals surface area contributed by atoms with Crippen molar-refractivity contribution in [3.05, 3.63) is 42.0 Å². The van der Waals surface area contributed by atoms with Gasteiger partial charge in [0.05, 0.1) is 19.1 Å². The lowest BCUT2D eigenvalue weighted by molar-refractivity contribution is -0.128. The van der Waals surface area contributed by atoms with Crippen LogP contribution in [0.4, 0.5) is 0 Å². The number of rotatable bonds is 5. The van der Waals surface area contributed by atoms with E-state index in [9.17, 15) is 9.90 Å². The summed E-state index contributed by atoms with van der Waals surface area (Å²) in [6.45, 7) is 2.25. The molecular weight excluding hydrogens is 316 g/mol. The third kappa shape index (κ3) is 4.30. The molecule has 1 aliphatic heterocycles. The Hall–Kier alpha value is -2.11. The number of β-amino-alcohol motifs (C(OH)–C–C–N with tert-alkyl or cyclic N) is 1. The van der Waals surface area contributed by atoms with Crippen molar-refractivity contribution in [1.29, 1.82) is 0 Å². The van der Waals surface area contributed by atoms with Gasteiger partial charge in [-0.15, -0.1) is 0 Å². The van der Waals surface area contributed by atoms with Crippen LogP contribution in [0.25, 0.3) is 10.8 Å². The number of nitrogens with zero attached hydrogens (tertiary/aromatic N) is 1. The van der Waals surface area contributed by atoms with Gasteiger partial charge in [0, 0.05) is 20.1 Å². The molecule has 2 N–H and O–H groups in total. The molecular formula is C20H26N2O3. The molecule has 2 aromatic carbocycles. The molecule has 0 radical (unpaired) electrons. The second-order valence-electron chi connectivity index (χ2n) is 6.94. The predicted octanol–water partition coefficient (Wildman–Crippen LogP) is 2.31. The van der Waals surface area contributed by atoms with Crippen LogP contribution in [0.15, 0.2) is 36.4 Å². The number of carbonyl (C=O) groups excluding carboxylic acids is 1. The van der Waals surface area contributed by atoms with Crippen LogP contribution in [0.2, 0.25) is 0 Å². The minimum Gasteiger partial charge on any atom is -0.497 e. The molecule has 1 aliphatic rings. The molecule has 25 heavy (non-hydrogen) atoms. The fourth-order valence-electron chi connectivity index (χ4n) is 3.63. The second kappa shape index (κ2) is 7.42. The largest absolute Gasteiger partial charge is 0.497 e. The maximum Gasteiger partial charge on any atom is 0.222 e. The number of methoxy groups -OCH3 is 1. The van der Waals surface area contributed by atoms with E-state index >= 15 is 0 Å². The number of benzene rings is 2. The number of ether oxygens (including phenoxy) is 1. The Labute approximate surface area is 148 Å². The highest BCUT2D eigenvalue weighted by molar-refractivity contribution is 5.84. The Morgan fingerprint density at radius 2 is 2.04 bits per heavy atom. The van der Waals surface area contributed by atoms with Gasteiger partial charge in [0.1, 0.15) is 5.75 Å². The van der Waals surface area contributed by atoms with Crippen LogP contribution < -0.4 is 10.1 Å². The van der Waals surface area contributed by atoms with Gasteiger partial charge in [0.2, 0.25) is 5.91 Å². The summed E-state index contributed by atoms with van der Waals surface area (Å²) < 4.78 is 5.27. The highest BCUT2D eigenvalue weighted by atomic mass is 16.5. The number of hydrogen-bond donors (Lipinski definition) is 2. The number of aliphatic hydroxyl groups is 1. The summed E-state index contributed by atoms with van der Waals surface area (Å²) in [5.74, 6) is 0.750. The van der Waals surface area contributed by atoms with Crippen molar-refractivity contribution in [2.24, 2.45) is 0 Å². The fourth-order valence-corrected chi connectivity index (χ4v) is 3.63. The minimum absolute atomic E-state index is 0.107. The van der Waals surface area contributed by atoms with Gasteiger partial charge in [-0.3, -0.25) is 9.69 Å². The quantitative estimate of drug-likeness (QED) is 0.875. The number of piperidine rings is 1. The van der Waals surface area contributed by atoms with Crippen LogP contribution in [0, 0.1) is 0 Å². The van der Waals surface area contributed by atoms with E-state index in [-0.39, 0.29) is 12.3 Å². The van der Waals surface area contributed by atoms with Crippen LogP contribution in [-0.4, -0.2) is 48.8 Å². The van der Waals surface area contributed by atoms with Crippen molar-refractivity contribution < 1.29 is 14.6 Å². The lowest BCUT2D eigenvalue weighted by Crippen LogP contribution is -2.49. The molecule has 0 aromatic heterocycles. The zero-order valence-electron chi connectivity index (χ0n) is 14.9. The summed E-state index contributed by atoms with van der Waals surface area (Å²) in [6.07, 6.45) is 1.74. The number of likely N-dealkylation sites (tertiary alicyclic amines) is 1. The lowest BCUT2D eigenvalue weighted by atomic mass is 9.89. The Bertz CT molecular complexity index is 762. The number of carbonyl (C=O) groups is 1. The van der Waals surface area contributed by atoms with E-state index in [0.29, 0.717) is 13.0 Å². The van der Waals surface area contributed by atoms with Gasteiger partial charge in [-0.25, -0.2) is 0 Å². The first kappa shape index (κ1) is 17.7. The van der Waals surface area contributed by atoms with Crippen LogP contribution in [0.5, 0.6) is 5.75 Å². The highest BCUT2D eigenvalue weighted by Crippen LogP contribution is 2.27. The molecule has 1 atom stereocenters. The first-order chi connectivity index (χ1) is 12.0. The summed E-state index contributed by atoms with van der Waals surface area (Å²) in [5, 5.41) is 15.7. The van der Waals surface area contributed by atoms with Gasteiger partial charge >= 0.3 is 0 Å². The van der Waals surface area contributed by atoms with E-state index < -0.39 is 5.60 Å². The number of nitrogens with one attached hydrogen (secondary N) is 1. The Kier molecular flexibility index (Phi) is 5.25. The molecule has 1 heterocycles. The Balaban J connectivity index is 1.71. The standard InChI is InChI=1S/C20H26N2O3/c1-21-19(23)12-20(24)8-3-9-22(14-20)13-15-4-5-17-11-18(25-2)7-6-16(17)10-15/h4-7,10-11,24H,3,8-9,12-14H2,1-2H3,(H,21,23). The molecule has 1 fully saturated rings. The maximum atomic E-state index is 11.6. The summed E-state index contributed by atoms with van der Waals surface area (Å²) in [5.41, 5.74) is 0.282. The highest BCUT2D eigenvalue weighted by Gasteiger charge is 2.35. The van der Waals surface area contributed by atoms with Gasteiger partial charge in [-0.2, -0.15) is 0 Å². The molecule has 1 saturated heterocycles. The van der Waals surface area contributed by atoms with Crippen molar-refractivity contribution >= 4 is 16.7 Å². The van der Waals surface area contributed by atoms with E-state index in [1.807, 2.05) is 12.1 Å². The van der Waals surface area contributed by atoms with Crippen LogP contribution in [0.3, 0.4) is 0 Å². The van der Waals surface area contributed by atoms with E-state index in [1.54, 1.807) is 14.2 Å². The molecule has 0 saturated carbocycles. The average Bonchev–Trinajstić information content (AvgIpc) is 2.60. The third-order valence-corrected chi connectivity index (χ3v) is 4.92. The predicted molar refractivity (Wildman–Crippen MR) is 98.6 cm³/mol. The third-order valence-electron chi connectivity index (χ3n) is 4.92. The van der Waals surface area contributed by atoms with Crippen molar-refractivity contribution in [1.82, 2.24) is 10.2 Å². The molecule has 2 aromatic rings. The normalized spacial score (nSPS) is 21.2. The number of fused-ring (bicyclic) bond motifs is 1. The smallest absolute Gasteiger partial charge is 0.222 e. The molecule has 0 spiro atoms. The fraction of sp³-hybridized carbons (Fsp3) is 0.450. The summed E-state index contributed by atoms with van der Waals surface area (Å²) in [4.78, 5) is 13.9. The molecule has 1 amide bonds. The van der Waals surface area contributed by atoms with Crippen molar-refractivity contribution in [2.75, 3.05) is 27.2 Å². The Morgan fingerprint density at radius 3 is 2.80 bits per heavy atom. The van der Waals surface area contributed by atoms with Gasteiger partial charge < -0.3 is 15.2 Å². The van der Waals surface area contributed by atoms with Gasteiger partial charge in [-0.05, 0) is 53.9 Å². The average molecular weight is 342 g/mol. The first-order valence-corrected chi connectivity index (χ1v) is 8.73. The molecule has 1 unspecified atom stereocenters. The van der Waals surface area contributed by atoms with E-state index in [0.717, 1.165) is 30.6 Å². The summed E-state index contributed by atoms with van der Waals surface area (Å²) >= 11 is 0. The SMILES string of the molecule is CNC(=O)CC1(O)CCCN(Cc2ccc3cc(OC)ccc3c2)C1. The molecule has 5 heteroatoms. The molecule has 3 rings (SSSR count). The van der Waals surface area contributed by atoms with E-state index in [2.05, 4.69) is 34.5 Å². The van der Waals surface area contributed by atoms with E-state index in [4.69, 9.17) is 4.74 Å². The molecule has 0 aliphatic carbocycles. The number of amides is 1. The van der Waals surface area contributed by atoms with Crippen LogP contribution in [0.1, 0.15) is 24.8 Å². The topological polar surface area (TPSA) is 61.8 Å². The van der Waals surface area contributed by atoms with Crippen LogP contribution >= 0.6 is 0 Å². The molecule has 134 valence electrons. The van der Waals surface area contributed by atoms with Crippen molar-refractivity contribution in [3.63, 3.8) is 0 Å². The number of hydrogen-bond acceptors (Lipinski definition) is 4. The summed E-state index contributed by atoms with van der Waals surface area (Å²) in [7, 11) is 3.28. The lowest BCUT2D eigenvalue weighted by Gasteiger charge is -2.39.